The maximum Gasteiger partial charge on any atom is 0.356 e. The molecule has 0 spiro atoms. The molecular formula is C14H20N4O3Si. The fourth-order valence-corrected chi connectivity index (χ4v) is 2.46. The minimum absolute atomic E-state index is 0.0779. The molecule has 0 radical (unpaired) electrons. The minimum Gasteiger partial charge on any atom is -0.476 e. The van der Waals surface area contributed by atoms with E-state index in [0.29, 0.717) is 12.4 Å². The third-order valence-corrected chi connectivity index (χ3v) is 4.74. The van der Waals surface area contributed by atoms with Crippen LogP contribution in [-0.4, -0.2) is 45.7 Å². The molecule has 0 saturated carbocycles. The van der Waals surface area contributed by atoms with Crippen molar-refractivity contribution in [1.82, 2.24) is 20.0 Å². The number of rotatable bonds is 7. The van der Waals surface area contributed by atoms with E-state index >= 15 is 0 Å². The molecule has 0 aliphatic carbocycles. The van der Waals surface area contributed by atoms with Crippen LogP contribution in [0.25, 0.3) is 11.3 Å². The van der Waals surface area contributed by atoms with Gasteiger partial charge >= 0.3 is 5.97 Å². The number of hydrogen-bond donors (Lipinski definition) is 1. The van der Waals surface area contributed by atoms with Crippen LogP contribution < -0.4 is 0 Å². The average molecular weight is 320 g/mol. The highest BCUT2D eigenvalue weighted by Crippen LogP contribution is 2.15. The van der Waals surface area contributed by atoms with E-state index in [2.05, 4.69) is 34.9 Å². The molecule has 0 bridgehead atoms. The zero-order valence-electron chi connectivity index (χ0n) is 13.0. The van der Waals surface area contributed by atoms with Gasteiger partial charge in [-0.3, -0.25) is 0 Å². The van der Waals surface area contributed by atoms with E-state index in [1.165, 1.54) is 6.07 Å². The van der Waals surface area contributed by atoms with Crippen molar-refractivity contribution in [2.24, 2.45) is 0 Å². The molecule has 7 nitrogen and oxygen atoms in total. The van der Waals surface area contributed by atoms with E-state index in [-0.39, 0.29) is 5.69 Å². The maximum atomic E-state index is 10.7. The van der Waals surface area contributed by atoms with Crippen molar-refractivity contribution in [3.8, 4) is 11.3 Å². The highest BCUT2D eigenvalue weighted by Gasteiger charge is 2.12. The van der Waals surface area contributed by atoms with Crippen LogP contribution in [-0.2, 0) is 11.5 Å². The quantitative estimate of drug-likeness (QED) is 0.622. The van der Waals surface area contributed by atoms with Crippen LogP contribution in [0.3, 0.4) is 0 Å². The Morgan fingerprint density at radius 3 is 2.68 bits per heavy atom. The van der Waals surface area contributed by atoms with E-state index in [4.69, 9.17) is 9.84 Å². The Morgan fingerprint density at radius 2 is 2.09 bits per heavy atom. The lowest BCUT2D eigenvalue weighted by Crippen LogP contribution is -2.22. The zero-order valence-corrected chi connectivity index (χ0v) is 14.0. The number of aromatic carboxylic acids is 1. The average Bonchev–Trinajstić information content (AvgIpc) is 2.91. The van der Waals surface area contributed by atoms with Gasteiger partial charge < -0.3 is 9.84 Å². The third kappa shape index (κ3) is 4.74. The second-order valence-corrected chi connectivity index (χ2v) is 11.8. The summed E-state index contributed by atoms with van der Waals surface area (Å²) >= 11 is 0. The van der Waals surface area contributed by atoms with Gasteiger partial charge in [-0.25, -0.2) is 9.48 Å². The first-order valence-electron chi connectivity index (χ1n) is 7.03. The monoisotopic (exact) mass is 320 g/mol. The van der Waals surface area contributed by atoms with Gasteiger partial charge in [0.1, 0.15) is 6.73 Å². The van der Waals surface area contributed by atoms with E-state index in [1.54, 1.807) is 23.1 Å². The summed E-state index contributed by atoms with van der Waals surface area (Å²) in [6, 6.07) is 4.15. The fourth-order valence-electron chi connectivity index (χ4n) is 1.70. The minimum atomic E-state index is -1.09. The third-order valence-electron chi connectivity index (χ3n) is 3.03. The Kier molecular flexibility index (Phi) is 5.04. The predicted molar refractivity (Wildman–Crippen MR) is 84.3 cm³/mol. The van der Waals surface area contributed by atoms with Crippen LogP contribution in [0.2, 0.25) is 25.7 Å². The summed E-state index contributed by atoms with van der Waals surface area (Å²) in [4.78, 5) is 10.7. The highest BCUT2D eigenvalue weighted by molar-refractivity contribution is 6.76. The maximum absolute atomic E-state index is 10.7. The molecule has 0 saturated heterocycles. The summed E-state index contributed by atoms with van der Waals surface area (Å²) in [7, 11) is -1.08. The van der Waals surface area contributed by atoms with Crippen molar-refractivity contribution in [2.45, 2.75) is 32.4 Å². The second kappa shape index (κ2) is 6.80. The number of nitrogens with zero attached hydrogens (tertiary/aromatic N) is 4. The van der Waals surface area contributed by atoms with Crippen molar-refractivity contribution in [3.05, 3.63) is 30.2 Å². The largest absolute Gasteiger partial charge is 0.476 e. The zero-order chi connectivity index (χ0) is 16.2. The molecule has 2 aromatic heterocycles. The summed E-state index contributed by atoms with van der Waals surface area (Å²) in [5.41, 5.74) is 1.28. The van der Waals surface area contributed by atoms with Crippen LogP contribution in [0.1, 0.15) is 10.5 Å². The molecule has 118 valence electrons. The van der Waals surface area contributed by atoms with Crippen molar-refractivity contribution in [1.29, 1.82) is 0 Å². The molecule has 0 atom stereocenters. The van der Waals surface area contributed by atoms with Crippen LogP contribution in [0.4, 0.5) is 0 Å². The van der Waals surface area contributed by atoms with Crippen LogP contribution >= 0.6 is 0 Å². The van der Waals surface area contributed by atoms with Gasteiger partial charge in [-0.05, 0) is 18.2 Å². The molecule has 0 amide bonds. The first kappa shape index (κ1) is 16.3. The van der Waals surface area contributed by atoms with E-state index in [9.17, 15) is 4.79 Å². The van der Waals surface area contributed by atoms with Crippen molar-refractivity contribution in [3.63, 3.8) is 0 Å². The summed E-state index contributed by atoms with van der Waals surface area (Å²) in [6.45, 7) is 8.05. The molecule has 2 aromatic rings. The van der Waals surface area contributed by atoms with Gasteiger partial charge in [0, 0.05) is 26.4 Å². The summed E-state index contributed by atoms with van der Waals surface area (Å²) in [5, 5.41) is 20.5. The standard InChI is InChI=1S/C14H20N4O3Si/c1-22(2,3)7-6-21-10-18-9-11(8-15-18)12-4-5-13(14(19)20)17-16-12/h4-5,8-9H,6-7,10H2,1-3H3,(H,19,20). The lowest BCUT2D eigenvalue weighted by molar-refractivity contribution is 0.0689. The first-order chi connectivity index (χ1) is 10.3. The smallest absolute Gasteiger partial charge is 0.356 e. The normalized spacial score (nSPS) is 11.6. The van der Waals surface area contributed by atoms with Crippen LogP contribution in [0.5, 0.6) is 0 Å². The number of aromatic nitrogens is 4. The molecule has 0 unspecified atom stereocenters. The molecule has 2 rings (SSSR count). The molecule has 0 aliphatic heterocycles. The predicted octanol–water partition coefficient (Wildman–Crippen LogP) is 2.35. The topological polar surface area (TPSA) is 90.1 Å². The van der Waals surface area contributed by atoms with Gasteiger partial charge in [-0.15, -0.1) is 10.2 Å². The van der Waals surface area contributed by atoms with Crippen molar-refractivity contribution >= 4 is 14.0 Å². The van der Waals surface area contributed by atoms with Gasteiger partial charge in [0.2, 0.25) is 0 Å². The van der Waals surface area contributed by atoms with Crippen LogP contribution in [0, 0.1) is 0 Å². The van der Waals surface area contributed by atoms with Gasteiger partial charge in [0.25, 0.3) is 0 Å². The molecular weight excluding hydrogens is 300 g/mol. The van der Waals surface area contributed by atoms with E-state index in [0.717, 1.165) is 18.2 Å². The summed E-state index contributed by atoms with van der Waals surface area (Å²) < 4.78 is 7.30. The Balaban J connectivity index is 1.92. The first-order valence-corrected chi connectivity index (χ1v) is 10.7. The van der Waals surface area contributed by atoms with Crippen molar-refractivity contribution in [2.75, 3.05) is 6.61 Å². The number of hydrogen-bond acceptors (Lipinski definition) is 5. The molecule has 2 heterocycles. The van der Waals surface area contributed by atoms with Gasteiger partial charge in [-0.1, -0.05) is 19.6 Å². The number of carboxylic acids is 1. The molecule has 8 heteroatoms. The van der Waals surface area contributed by atoms with Gasteiger partial charge in [-0.2, -0.15) is 5.10 Å². The van der Waals surface area contributed by atoms with Crippen LogP contribution in [0.15, 0.2) is 24.5 Å². The van der Waals surface area contributed by atoms with Gasteiger partial charge in [0.05, 0.1) is 11.9 Å². The molecule has 1 N–H and O–H groups in total. The number of carbonyl (C=O) groups is 1. The Labute approximate surface area is 130 Å². The lowest BCUT2D eigenvalue weighted by Gasteiger charge is -2.15. The van der Waals surface area contributed by atoms with Gasteiger partial charge in [0.15, 0.2) is 5.69 Å². The second-order valence-electron chi connectivity index (χ2n) is 6.23. The highest BCUT2D eigenvalue weighted by atomic mass is 28.3. The molecule has 22 heavy (non-hydrogen) atoms. The Hall–Kier alpha value is -2.06. The molecule has 0 aliphatic rings. The lowest BCUT2D eigenvalue weighted by atomic mass is 10.2. The fraction of sp³-hybridized carbons (Fsp3) is 0.429. The summed E-state index contributed by atoms with van der Waals surface area (Å²) in [5.74, 6) is -1.09. The SMILES string of the molecule is C[Si](C)(C)CCOCn1cc(-c2ccc(C(=O)O)nn2)cn1. The van der Waals surface area contributed by atoms with E-state index in [1.807, 2.05) is 0 Å². The molecule has 0 aromatic carbocycles. The Bertz CT molecular complexity index is 634. The Morgan fingerprint density at radius 1 is 1.32 bits per heavy atom. The molecule has 0 fully saturated rings. The van der Waals surface area contributed by atoms with Crippen molar-refractivity contribution < 1.29 is 14.6 Å². The van der Waals surface area contributed by atoms with E-state index < -0.39 is 14.0 Å². The number of ether oxygens (including phenoxy) is 1. The number of carboxylic acid groups (broad SMARTS) is 1. The summed E-state index contributed by atoms with van der Waals surface area (Å²) in [6.07, 6.45) is 3.46.